The molecule has 0 spiro atoms. The summed E-state index contributed by atoms with van der Waals surface area (Å²) in [7, 11) is 1.80. The van der Waals surface area contributed by atoms with Crippen LogP contribution in [0.25, 0.3) is 17.3 Å². The molecular formula is C10H7ClN6S. The first-order chi connectivity index (χ1) is 8.65. The van der Waals surface area contributed by atoms with Crippen molar-refractivity contribution in [2.75, 3.05) is 0 Å². The van der Waals surface area contributed by atoms with E-state index in [1.165, 1.54) is 4.52 Å². The van der Waals surface area contributed by atoms with Gasteiger partial charge in [-0.3, -0.25) is 4.98 Å². The molecule has 0 aliphatic heterocycles. The van der Waals surface area contributed by atoms with Crippen LogP contribution in [0.3, 0.4) is 0 Å². The van der Waals surface area contributed by atoms with Crippen LogP contribution in [-0.4, -0.2) is 29.1 Å². The molecule has 3 aromatic rings. The van der Waals surface area contributed by atoms with E-state index in [4.69, 9.17) is 23.8 Å². The van der Waals surface area contributed by atoms with E-state index >= 15 is 0 Å². The van der Waals surface area contributed by atoms with Crippen molar-refractivity contribution in [2.45, 2.75) is 0 Å². The molecule has 0 atom stereocenters. The van der Waals surface area contributed by atoms with E-state index in [0.717, 1.165) is 0 Å². The fraction of sp³-hybridized carbons (Fsp3) is 0.100. The molecule has 3 aromatic heterocycles. The molecule has 6 nitrogen and oxygen atoms in total. The molecule has 0 bridgehead atoms. The Labute approximate surface area is 112 Å². The van der Waals surface area contributed by atoms with Gasteiger partial charge >= 0.3 is 0 Å². The number of aromatic nitrogens is 6. The van der Waals surface area contributed by atoms with Crippen LogP contribution in [0, 0.1) is 4.77 Å². The third kappa shape index (κ3) is 1.77. The fourth-order valence-corrected chi connectivity index (χ4v) is 1.75. The van der Waals surface area contributed by atoms with E-state index in [0.29, 0.717) is 27.1 Å². The van der Waals surface area contributed by atoms with E-state index in [-0.39, 0.29) is 0 Å². The van der Waals surface area contributed by atoms with Crippen LogP contribution in [0.4, 0.5) is 0 Å². The standard InChI is InChI=1S/C10H7ClN6S/c1-16-5-13-9-14-8(15-17(9)10(16)18)7-3-2-6(11)4-12-7/h2-5H,1H3. The molecule has 0 unspecified atom stereocenters. The summed E-state index contributed by atoms with van der Waals surface area (Å²) in [6, 6.07) is 3.48. The molecule has 3 rings (SSSR count). The van der Waals surface area contributed by atoms with Crippen LogP contribution >= 0.6 is 23.8 Å². The maximum Gasteiger partial charge on any atom is 0.256 e. The van der Waals surface area contributed by atoms with Crippen LogP contribution in [0.1, 0.15) is 0 Å². The van der Waals surface area contributed by atoms with Crippen LogP contribution in [-0.2, 0) is 7.05 Å². The van der Waals surface area contributed by atoms with Crippen LogP contribution in [0.2, 0.25) is 5.02 Å². The molecule has 0 amide bonds. The first-order valence-electron chi connectivity index (χ1n) is 5.05. The predicted molar refractivity (Wildman–Crippen MR) is 68.8 cm³/mol. The molecule has 3 heterocycles. The van der Waals surface area contributed by atoms with Crippen molar-refractivity contribution in [3.8, 4) is 11.5 Å². The highest BCUT2D eigenvalue weighted by Gasteiger charge is 2.09. The molecule has 8 heteroatoms. The van der Waals surface area contributed by atoms with Crippen LogP contribution in [0.5, 0.6) is 0 Å². The van der Waals surface area contributed by atoms with Gasteiger partial charge in [0, 0.05) is 13.2 Å². The van der Waals surface area contributed by atoms with E-state index in [1.807, 2.05) is 0 Å². The number of halogens is 1. The lowest BCUT2D eigenvalue weighted by atomic mass is 10.3. The molecule has 90 valence electrons. The fourth-order valence-electron chi connectivity index (χ4n) is 1.47. The summed E-state index contributed by atoms with van der Waals surface area (Å²) in [5.74, 6) is 0.918. The van der Waals surface area contributed by atoms with Crippen molar-refractivity contribution in [1.82, 2.24) is 29.1 Å². The Morgan fingerprint density at radius 2 is 2.11 bits per heavy atom. The molecule has 18 heavy (non-hydrogen) atoms. The third-order valence-electron chi connectivity index (χ3n) is 2.38. The molecule has 0 aliphatic rings. The number of nitrogens with zero attached hydrogens (tertiary/aromatic N) is 6. The number of rotatable bonds is 1. The van der Waals surface area contributed by atoms with E-state index in [1.54, 1.807) is 36.3 Å². The molecule has 0 saturated carbocycles. The Balaban J connectivity index is 2.22. The summed E-state index contributed by atoms with van der Waals surface area (Å²) in [5.41, 5.74) is 0.627. The minimum absolute atomic E-state index is 0.449. The number of hydrogen-bond donors (Lipinski definition) is 0. The molecular weight excluding hydrogens is 272 g/mol. The SMILES string of the molecule is Cn1cnc2nc(-c3ccc(Cl)cn3)nn2c1=S. The predicted octanol–water partition coefficient (Wildman–Crippen LogP) is 1.91. The van der Waals surface area contributed by atoms with E-state index < -0.39 is 0 Å². The van der Waals surface area contributed by atoms with Gasteiger partial charge in [-0.05, 0) is 24.4 Å². The second kappa shape index (κ2) is 4.11. The Morgan fingerprint density at radius 3 is 2.83 bits per heavy atom. The Kier molecular flexibility index (Phi) is 2.57. The molecule has 0 saturated heterocycles. The van der Waals surface area contributed by atoms with Gasteiger partial charge in [0.25, 0.3) is 5.78 Å². The highest BCUT2D eigenvalue weighted by Crippen LogP contribution is 2.15. The molecule has 0 radical (unpaired) electrons. The van der Waals surface area contributed by atoms with Crippen molar-refractivity contribution in [3.05, 3.63) is 34.5 Å². The smallest absolute Gasteiger partial charge is 0.256 e. The quantitative estimate of drug-likeness (QED) is 0.636. The highest BCUT2D eigenvalue weighted by molar-refractivity contribution is 7.71. The molecule has 0 N–H and O–H groups in total. The Hall–Kier alpha value is -1.86. The van der Waals surface area contributed by atoms with Gasteiger partial charge in [0.2, 0.25) is 10.6 Å². The Morgan fingerprint density at radius 1 is 1.28 bits per heavy atom. The normalized spacial score (nSPS) is 11.0. The van der Waals surface area contributed by atoms with Crippen molar-refractivity contribution in [1.29, 1.82) is 0 Å². The summed E-state index contributed by atoms with van der Waals surface area (Å²) in [6.45, 7) is 0. The molecule has 0 aromatic carbocycles. The maximum absolute atomic E-state index is 5.78. The molecule has 0 fully saturated rings. The number of hydrogen-bond acceptors (Lipinski definition) is 5. The molecule has 0 aliphatic carbocycles. The van der Waals surface area contributed by atoms with Crippen molar-refractivity contribution >= 4 is 29.6 Å². The minimum Gasteiger partial charge on any atom is -0.311 e. The monoisotopic (exact) mass is 278 g/mol. The zero-order chi connectivity index (χ0) is 12.7. The van der Waals surface area contributed by atoms with E-state index in [2.05, 4.69) is 20.1 Å². The average Bonchev–Trinajstić information content (AvgIpc) is 2.80. The average molecular weight is 279 g/mol. The van der Waals surface area contributed by atoms with Gasteiger partial charge in [0.05, 0.1) is 5.02 Å². The number of aryl methyl sites for hydroxylation is 1. The third-order valence-corrected chi connectivity index (χ3v) is 3.06. The van der Waals surface area contributed by atoms with Gasteiger partial charge in [0.1, 0.15) is 12.0 Å². The number of pyridine rings is 1. The first kappa shape index (κ1) is 11.2. The second-order valence-electron chi connectivity index (χ2n) is 3.65. The zero-order valence-electron chi connectivity index (χ0n) is 9.28. The van der Waals surface area contributed by atoms with Crippen molar-refractivity contribution in [3.63, 3.8) is 0 Å². The number of fused-ring (bicyclic) bond motifs is 1. The van der Waals surface area contributed by atoms with Gasteiger partial charge in [-0.15, -0.1) is 5.10 Å². The topological polar surface area (TPSA) is 60.9 Å². The van der Waals surface area contributed by atoms with Crippen LogP contribution < -0.4 is 0 Å². The van der Waals surface area contributed by atoms with Crippen molar-refractivity contribution < 1.29 is 0 Å². The van der Waals surface area contributed by atoms with E-state index in [9.17, 15) is 0 Å². The van der Waals surface area contributed by atoms with Crippen LogP contribution in [0.15, 0.2) is 24.7 Å². The van der Waals surface area contributed by atoms with Gasteiger partial charge in [-0.2, -0.15) is 9.50 Å². The summed E-state index contributed by atoms with van der Waals surface area (Å²) < 4.78 is 3.71. The zero-order valence-corrected chi connectivity index (χ0v) is 10.9. The summed E-state index contributed by atoms with van der Waals surface area (Å²) in [4.78, 5) is 12.6. The lowest BCUT2D eigenvalue weighted by molar-refractivity contribution is 0.747. The second-order valence-corrected chi connectivity index (χ2v) is 4.45. The first-order valence-corrected chi connectivity index (χ1v) is 5.84. The largest absolute Gasteiger partial charge is 0.311 e. The lowest BCUT2D eigenvalue weighted by Gasteiger charge is -1.96. The highest BCUT2D eigenvalue weighted by atomic mass is 35.5. The maximum atomic E-state index is 5.78. The minimum atomic E-state index is 0.449. The summed E-state index contributed by atoms with van der Waals surface area (Å²) in [6.07, 6.45) is 3.15. The van der Waals surface area contributed by atoms with Gasteiger partial charge in [-0.1, -0.05) is 11.6 Å². The van der Waals surface area contributed by atoms with Gasteiger partial charge in [0.15, 0.2) is 0 Å². The van der Waals surface area contributed by atoms with Gasteiger partial charge in [-0.25, -0.2) is 4.98 Å². The lowest BCUT2D eigenvalue weighted by Crippen LogP contribution is -2.02. The van der Waals surface area contributed by atoms with Crippen molar-refractivity contribution in [2.24, 2.45) is 7.05 Å². The summed E-state index contributed by atoms with van der Waals surface area (Å²) in [5, 5.41) is 4.85. The van der Waals surface area contributed by atoms with Gasteiger partial charge < -0.3 is 4.57 Å². The summed E-state index contributed by atoms with van der Waals surface area (Å²) >= 11 is 11.0. The Bertz CT molecular complexity index is 775.